The minimum absolute atomic E-state index is 0.104. The summed E-state index contributed by atoms with van der Waals surface area (Å²) >= 11 is 0. The van der Waals surface area contributed by atoms with Crippen molar-refractivity contribution in [2.75, 3.05) is 18.7 Å². The highest BCUT2D eigenvalue weighted by Crippen LogP contribution is 2.14. The number of aromatic nitrogens is 3. The topological polar surface area (TPSA) is 111 Å². The first-order valence-corrected chi connectivity index (χ1v) is 8.52. The van der Waals surface area contributed by atoms with Gasteiger partial charge in [-0.25, -0.2) is 23.2 Å². The molecule has 0 saturated heterocycles. The summed E-state index contributed by atoms with van der Waals surface area (Å²) in [6, 6.07) is 4.54. The summed E-state index contributed by atoms with van der Waals surface area (Å²) in [4.78, 5) is 23.9. The van der Waals surface area contributed by atoms with Crippen molar-refractivity contribution in [1.82, 2.24) is 15.0 Å². The number of aryl methyl sites for hydroxylation is 1. The van der Waals surface area contributed by atoms with Gasteiger partial charge in [0.25, 0.3) is 0 Å². The number of carbonyl (C=O) groups excluding carboxylic acids is 1. The number of nitrogens with one attached hydrogen (secondary N) is 1. The molecule has 0 fully saturated rings. The van der Waals surface area contributed by atoms with E-state index in [2.05, 4.69) is 25.0 Å². The average molecular weight is 336 g/mol. The zero-order valence-electron chi connectivity index (χ0n) is 12.9. The van der Waals surface area contributed by atoms with Crippen LogP contribution >= 0.6 is 0 Å². The van der Waals surface area contributed by atoms with Crippen LogP contribution in [0.25, 0.3) is 0 Å². The highest BCUT2D eigenvalue weighted by molar-refractivity contribution is 7.90. The van der Waals surface area contributed by atoms with E-state index in [1.165, 1.54) is 25.4 Å². The molecule has 8 nitrogen and oxygen atoms in total. The van der Waals surface area contributed by atoms with Gasteiger partial charge in [0.2, 0.25) is 5.95 Å². The number of anilines is 1. The number of methoxy groups -OCH3 is 1. The van der Waals surface area contributed by atoms with Gasteiger partial charge in [0, 0.05) is 18.1 Å². The maximum absolute atomic E-state index is 11.7. The van der Waals surface area contributed by atoms with Gasteiger partial charge in [0.15, 0.2) is 15.5 Å². The van der Waals surface area contributed by atoms with E-state index in [4.69, 9.17) is 0 Å². The van der Waals surface area contributed by atoms with Crippen molar-refractivity contribution in [3.05, 3.63) is 41.5 Å². The Morgan fingerprint density at radius 1 is 1.35 bits per heavy atom. The van der Waals surface area contributed by atoms with Crippen LogP contribution in [-0.4, -0.2) is 42.7 Å². The number of ether oxygens (including phenoxy) is 1. The zero-order valence-corrected chi connectivity index (χ0v) is 13.7. The van der Waals surface area contributed by atoms with Gasteiger partial charge in [-0.3, -0.25) is 4.98 Å². The van der Waals surface area contributed by atoms with Crippen LogP contribution in [0.5, 0.6) is 0 Å². The maximum Gasteiger partial charge on any atom is 0.356 e. The summed E-state index contributed by atoms with van der Waals surface area (Å²) < 4.78 is 28.1. The van der Waals surface area contributed by atoms with Gasteiger partial charge in [-0.2, -0.15) is 0 Å². The Hall–Kier alpha value is -2.55. The van der Waals surface area contributed by atoms with Crippen LogP contribution in [0.4, 0.5) is 5.95 Å². The molecule has 0 amide bonds. The third kappa shape index (κ3) is 4.22. The summed E-state index contributed by atoms with van der Waals surface area (Å²) in [6.07, 6.45) is 2.62. The van der Waals surface area contributed by atoms with E-state index in [1.54, 1.807) is 13.0 Å². The molecule has 0 spiro atoms. The lowest BCUT2D eigenvalue weighted by Gasteiger charge is -2.09. The Balaban J connectivity index is 2.26. The molecule has 0 saturated carbocycles. The Labute approximate surface area is 133 Å². The standard InChI is InChI=1S/C14H16N4O4S/c1-9-7-10(13(19)22-2)18-14(17-9)16-8-11-12(23(3,20)21)5-4-6-15-11/h4-7H,8H2,1-3H3,(H,16,17,18). The third-order valence-corrected chi connectivity index (χ3v) is 4.08. The monoisotopic (exact) mass is 336 g/mol. The zero-order chi connectivity index (χ0) is 17.0. The predicted octanol–water partition coefficient (Wildman–Crippen LogP) is 0.982. The number of esters is 1. The van der Waals surface area contributed by atoms with Crippen molar-refractivity contribution >= 4 is 21.8 Å². The number of pyridine rings is 1. The van der Waals surface area contributed by atoms with Crippen LogP contribution in [0, 0.1) is 6.92 Å². The fourth-order valence-electron chi connectivity index (χ4n) is 1.91. The van der Waals surface area contributed by atoms with Crippen LogP contribution in [0.2, 0.25) is 0 Å². The molecule has 0 aliphatic rings. The molecule has 1 N–H and O–H groups in total. The molecular weight excluding hydrogens is 320 g/mol. The van der Waals surface area contributed by atoms with Gasteiger partial charge in [-0.05, 0) is 25.1 Å². The Morgan fingerprint density at radius 3 is 2.74 bits per heavy atom. The molecule has 23 heavy (non-hydrogen) atoms. The van der Waals surface area contributed by atoms with Crippen molar-refractivity contribution < 1.29 is 17.9 Å². The second-order valence-corrected chi connectivity index (χ2v) is 6.77. The SMILES string of the molecule is COC(=O)c1cc(C)nc(NCc2ncccc2S(C)(=O)=O)n1. The van der Waals surface area contributed by atoms with E-state index in [1.807, 2.05) is 0 Å². The lowest BCUT2D eigenvalue weighted by molar-refractivity contribution is 0.0594. The van der Waals surface area contributed by atoms with Crippen molar-refractivity contribution in [3.8, 4) is 0 Å². The molecule has 0 radical (unpaired) electrons. The molecule has 2 rings (SSSR count). The van der Waals surface area contributed by atoms with Gasteiger partial charge < -0.3 is 10.1 Å². The summed E-state index contributed by atoms with van der Waals surface area (Å²) in [5.41, 5.74) is 1.04. The second kappa shape index (κ2) is 6.69. The quantitative estimate of drug-likeness (QED) is 0.804. The molecule has 0 aliphatic carbocycles. The number of hydrogen-bond donors (Lipinski definition) is 1. The second-order valence-electron chi connectivity index (χ2n) is 4.78. The summed E-state index contributed by atoms with van der Waals surface area (Å²) in [5, 5.41) is 2.88. The van der Waals surface area contributed by atoms with E-state index in [0.717, 1.165) is 6.26 Å². The van der Waals surface area contributed by atoms with Gasteiger partial charge in [-0.1, -0.05) is 0 Å². The van der Waals surface area contributed by atoms with Gasteiger partial charge >= 0.3 is 5.97 Å². The van der Waals surface area contributed by atoms with Crippen LogP contribution in [0.15, 0.2) is 29.3 Å². The minimum atomic E-state index is -3.39. The van der Waals surface area contributed by atoms with Gasteiger partial charge in [0.05, 0.1) is 24.2 Å². The van der Waals surface area contributed by atoms with E-state index in [9.17, 15) is 13.2 Å². The summed E-state index contributed by atoms with van der Waals surface area (Å²) in [5.74, 6) is -0.385. The maximum atomic E-state index is 11.7. The first-order valence-electron chi connectivity index (χ1n) is 6.63. The highest BCUT2D eigenvalue weighted by atomic mass is 32.2. The van der Waals surface area contributed by atoms with Crippen LogP contribution < -0.4 is 5.32 Å². The van der Waals surface area contributed by atoms with E-state index in [-0.39, 0.29) is 23.1 Å². The van der Waals surface area contributed by atoms with Crippen LogP contribution in [0.1, 0.15) is 21.9 Å². The third-order valence-electron chi connectivity index (χ3n) is 2.91. The molecule has 0 atom stereocenters. The number of sulfone groups is 1. The van der Waals surface area contributed by atoms with E-state index >= 15 is 0 Å². The number of nitrogens with zero attached hydrogens (tertiary/aromatic N) is 3. The molecule has 0 bridgehead atoms. The normalized spacial score (nSPS) is 11.1. The molecular formula is C14H16N4O4S. The van der Waals surface area contributed by atoms with E-state index in [0.29, 0.717) is 11.4 Å². The summed E-state index contributed by atoms with van der Waals surface area (Å²) in [6.45, 7) is 1.81. The predicted molar refractivity (Wildman–Crippen MR) is 82.8 cm³/mol. The summed E-state index contributed by atoms with van der Waals surface area (Å²) in [7, 11) is -2.13. The van der Waals surface area contributed by atoms with Crippen molar-refractivity contribution in [2.24, 2.45) is 0 Å². The van der Waals surface area contributed by atoms with Crippen molar-refractivity contribution in [2.45, 2.75) is 18.4 Å². The molecule has 9 heteroatoms. The average Bonchev–Trinajstić information content (AvgIpc) is 2.51. The van der Waals surface area contributed by atoms with Gasteiger partial charge in [-0.15, -0.1) is 0 Å². The Kier molecular flexibility index (Phi) is 4.89. The molecule has 2 aromatic rings. The number of rotatable bonds is 5. The molecule has 0 unspecified atom stereocenters. The first-order chi connectivity index (χ1) is 10.8. The van der Waals surface area contributed by atoms with Crippen molar-refractivity contribution in [3.63, 3.8) is 0 Å². The van der Waals surface area contributed by atoms with Crippen molar-refractivity contribution in [1.29, 1.82) is 0 Å². The van der Waals surface area contributed by atoms with E-state index < -0.39 is 15.8 Å². The molecule has 122 valence electrons. The van der Waals surface area contributed by atoms with Crippen LogP contribution in [-0.2, 0) is 21.1 Å². The largest absolute Gasteiger partial charge is 0.464 e. The first kappa shape index (κ1) is 16.8. The smallest absolute Gasteiger partial charge is 0.356 e. The van der Waals surface area contributed by atoms with Gasteiger partial charge in [0.1, 0.15) is 0 Å². The number of hydrogen-bond acceptors (Lipinski definition) is 8. The molecule has 0 aromatic carbocycles. The lowest BCUT2D eigenvalue weighted by atomic mass is 10.3. The number of carbonyl (C=O) groups is 1. The molecule has 2 aromatic heterocycles. The molecule has 0 aliphatic heterocycles. The Bertz CT molecular complexity index is 836. The fourth-order valence-corrected chi connectivity index (χ4v) is 2.79. The highest BCUT2D eigenvalue weighted by Gasteiger charge is 2.15. The fraction of sp³-hybridized carbons (Fsp3) is 0.286. The van der Waals surface area contributed by atoms with Crippen LogP contribution in [0.3, 0.4) is 0 Å². The lowest BCUT2D eigenvalue weighted by Crippen LogP contribution is -2.13. The molecule has 2 heterocycles. The Morgan fingerprint density at radius 2 is 2.09 bits per heavy atom. The minimum Gasteiger partial charge on any atom is -0.464 e.